The number of carboxylic acid groups (broad SMARTS) is 1. The zero-order valence-electron chi connectivity index (χ0n) is 9.18. The summed E-state index contributed by atoms with van der Waals surface area (Å²) >= 11 is 0. The molecule has 1 fully saturated rings. The minimum atomic E-state index is -1.01. The van der Waals surface area contributed by atoms with Gasteiger partial charge in [0.05, 0.1) is 6.10 Å². The Morgan fingerprint density at radius 1 is 1.69 bits per heavy atom. The van der Waals surface area contributed by atoms with Crippen LogP contribution in [0.5, 0.6) is 0 Å². The number of nitrogens with zero attached hydrogens (tertiary/aromatic N) is 1. The lowest BCUT2D eigenvalue weighted by Gasteiger charge is -2.21. The molecule has 16 heavy (non-hydrogen) atoms. The van der Waals surface area contributed by atoms with Crippen LogP contribution in [-0.2, 0) is 9.53 Å². The summed E-state index contributed by atoms with van der Waals surface area (Å²) in [5.41, 5.74) is 0. The number of amides is 2. The molecule has 1 aliphatic rings. The summed E-state index contributed by atoms with van der Waals surface area (Å²) in [4.78, 5) is 23.9. The number of aliphatic carboxylic acids is 1. The fraction of sp³-hybridized carbons (Fsp3) is 0.600. The molecule has 0 bridgehead atoms. The Morgan fingerprint density at radius 3 is 2.88 bits per heavy atom. The topological polar surface area (TPSA) is 78.9 Å². The molecule has 1 rings (SSSR count). The van der Waals surface area contributed by atoms with Crippen LogP contribution in [0.15, 0.2) is 12.7 Å². The van der Waals surface area contributed by atoms with E-state index in [0.717, 1.165) is 0 Å². The second-order valence-corrected chi connectivity index (χ2v) is 3.57. The monoisotopic (exact) mass is 228 g/mol. The number of carbonyl (C=O) groups excluding carboxylic acids is 1. The SMILES string of the molecule is C=CCNC(=O)N1CC(OC)CC1C(=O)O. The van der Waals surface area contributed by atoms with Gasteiger partial charge in [0.25, 0.3) is 0 Å². The maximum absolute atomic E-state index is 11.6. The second-order valence-electron chi connectivity index (χ2n) is 3.57. The quantitative estimate of drug-likeness (QED) is 0.667. The first-order valence-corrected chi connectivity index (χ1v) is 5.01. The summed E-state index contributed by atoms with van der Waals surface area (Å²) < 4.78 is 5.07. The van der Waals surface area contributed by atoms with E-state index in [4.69, 9.17) is 9.84 Å². The van der Waals surface area contributed by atoms with Gasteiger partial charge in [-0.3, -0.25) is 0 Å². The predicted octanol–water partition coefficient (Wildman–Crippen LogP) is 0.0559. The molecule has 2 N–H and O–H groups in total. The summed E-state index contributed by atoms with van der Waals surface area (Å²) in [7, 11) is 1.51. The van der Waals surface area contributed by atoms with Crippen molar-refractivity contribution in [2.45, 2.75) is 18.6 Å². The van der Waals surface area contributed by atoms with Crippen LogP contribution in [0.2, 0.25) is 0 Å². The summed E-state index contributed by atoms with van der Waals surface area (Å²) in [6.07, 6.45) is 1.65. The van der Waals surface area contributed by atoms with Crippen LogP contribution in [0.25, 0.3) is 0 Å². The molecule has 1 aliphatic heterocycles. The molecule has 0 aliphatic carbocycles. The molecule has 0 aromatic rings. The number of carboxylic acids is 1. The van der Waals surface area contributed by atoms with Crippen LogP contribution in [-0.4, -0.2) is 54.4 Å². The molecule has 1 saturated heterocycles. The molecule has 2 amide bonds. The van der Waals surface area contributed by atoms with Gasteiger partial charge in [0.1, 0.15) is 6.04 Å². The first-order chi connectivity index (χ1) is 7.60. The van der Waals surface area contributed by atoms with Crippen molar-refractivity contribution < 1.29 is 19.4 Å². The van der Waals surface area contributed by atoms with Crippen LogP contribution < -0.4 is 5.32 Å². The third kappa shape index (κ3) is 2.73. The van der Waals surface area contributed by atoms with Crippen LogP contribution in [0.1, 0.15) is 6.42 Å². The number of ether oxygens (including phenoxy) is 1. The Balaban J connectivity index is 2.64. The van der Waals surface area contributed by atoms with Crippen molar-refractivity contribution in [3.63, 3.8) is 0 Å². The highest BCUT2D eigenvalue weighted by atomic mass is 16.5. The molecule has 6 nitrogen and oxygen atoms in total. The van der Waals surface area contributed by atoms with E-state index in [1.54, 1.807) is 0 Å². The van der Waals surface area contributed by atoms with Crippen molar-refractivity contribution in [3.8, 4) is 0 Å². The van der Waals surface area contributed by atoms with Crippen molar-refractivity contribution in [2.24, 2.45) is 0 Å². The lowest BCUT2D eigenvalue weighted by Crippen LogP contribution is -2.46. The lowest BCUT2D eigenvalue weighted by molar-refractivity contribution is -0.141. The number of likely N-dealkylation sites (tertiary alicyclic amines) is 1. The summed E-state index contributed by atoms with van der Waals surface area (Å²) in [6.45, 7) is 4.09. The van der Waals surface area contributed by atoms with Gasteiger partial charge in [-0.25, -0.2) is 9.59 Å². The highest BCUT2D eigenvalue weighted by Crippen LogP contribution is 2.20. The molecule has 2 unspecified atom stereocenters. The standard InChI is InChI=1S/C10H16N2O4/c1-3-4-11-10(15)12-6-7(16-2)5-8(12)9(13)14/h3,7-8H,1,4-6H2,2H3,(H,11,15)(H,13,14). The lowest BCUT2D eigenvalue weighted by atomic mass is 10.2. The summed E-state index contributed by atoms with van der Waals surface area (Å²) in [5, 5.41) is 11.5. The zero-order valence-corrected chi connectivity index (χ0v) is 9.18. The minimum absolute atomic E-state index is 0.212. The number of urea groups is 1. The Bertz CT molecular complexity index is 293. The van der Waals surface area contributed by atoms with Crippen molar-refractivity contribution in [1.82, 2.24) is 10.2 Å². The predicted molar refractivity (Wildman–Crippen MR) is 57.1 cm³/mol. The third-order valence-corrected chi connectivity index (χ3v) is 2.54. The first kappa shape index (κ1) is 12.5. The van der Waals surface area contributed by atoms with Gasteiger partial charge in [-0.1, -0.05) is 6.08 Å². The molecule has 0 spiro atoms. The highest BCUT2D eigenvalue weighted by molar-refractivity contribution is 5.83. The second kappa shape index (κ2) is 5.50. The normalized spacial score (nSPS) is 24.2. The molecule has 1 heterocycles. The van der Waals surface area contributed by atoms with Gasteiger partial charge < -0.3 is 20.1 Å². The van der Waals surface area contributed by atoms with Crippen LogP contribution in [0.3, 0.4) is 0 Å². The van der Waals surface area contributed by atoms with Crippen molar-refractivity contribution in [1.29, 1.82) is 0 Å². The Labute approximate surface area is 93.9 Å². The Hall–Kier alpha value is -1.56. The largest absolute Gasteiger partial charge is 0.480 e. The highest BCUT2D eigenvalue weighted by Gasteiger charge is 2.39. The van der Waals surface area contributed by atoms with Gasteiger partial charge in [0.2, 0.25) is 0 Å². The van der Waals surface area contributed by atoms with E-state index in [-0.39, 0.29) is 6.10 Å². The molecule has 0 aromatic carbocycles. The van der Waals surface area contributed by atoms with Crippen molar-refractivity contribution in [3.05, 3.63) is 12.7 Å². The number of hydrogen-bond acceptors (Lipinski definition) is 3. The number of hydrogen-bond donors (Lipinski definition) is 2. The maximum Gasteiger partial charge on any atom is 0.326 e. The Kier molecular flexibility index (Phi) is 4.30. The van der Waals surface area contributed by atoms with E-state index >= 15 is 0 Å². The fourth-order valence-electron chi connectivity index (χ4n) is 1.69. The van der Waals surface area contributed by atoms with Crippen molar-refractivity contribution in [2.75, 3.05) is 20.2 Å². The maximum atomic E-state index is 11.6. The van der Waals surface area contributed by atoms with E-state index in [9.17, 15) is 9.59 Å². The number of carbonyl (C=O) groups is 2. The third-order valence-electron chi connectivity index (χ3n) is 2.54. The van der Waals surface area contributed by atoms with Gasteiger partial charge in [-0.15, -0.1) is 6.58 Å². The molecular weight excluding hydrogens is 212 g/mol. The first-order valence-electron chi connectivity index (χ1n) is 5.01. The van der Waals surface area contributed by atoms with Crippen LogP contribution in [0.4, 0.5) is 4.79 Å². The summed E-state index contributed by atoms with van der Waals surface area (Å²) in [5.74, 6) is -1.01. The number of nitrogens with one attached hydrogen (secondary N) is 1. The smallest absolute Gasteiger partial charge is 0.326 e. The molecule has 0 saturated carbocycles. The van der Waals surface area contributed by atoms with Crippen LogP contribution in [0, 0.1) is 0 Å². The molecular formula is C10H16N2O4. The molecule has 90 valence electrons. The molecule has 0 radical (unpaired) electrons. The zero-order chi connectivity index (χ0) is 12.1. The van der Waals surface area contributed by atoms with E-state index in [0.29, 0.717) is 19.5 Å². The number of rotatable bonds is 4. The minimum Gasteiger partial charge on any atom is -0.480 e. The van der Waals surface area contributed by atoms with Gasteiger partial charge >= 0.3 is 12.0 Å². The summed E-state index contributed by atoms with van der Waals surface area (Å²) in [6, 6.07) is -1.21. The van der Waals surface area contributed by atoms with Gasteiger partial charge in [-0.05, 0) is 0 Å². The average molecular weight is 228 g/mol. The molecule has 2 atom stereocenters. The van der Waals surface area contributed by atoms with E-state index in [1.165, 1.54) is 18.1 Å². The van der Waals surface area contributed by atoms with Gasteiger partial charge in [-0.2, -0.15) is 0 Å². The van der Waals surface area contributed by atoms with Crippen molar-refractivity contribution >= 4 is 12.0 Å². The molecule has 6 heteroatoms. The van der Waals surface area contributed by atoms with E-state index in [1.807, 2.05) is 0 Å². The van der Waals surface area contributed by atoms with Gasteiger partial charge in [0.15, 0.2) is 0 Å². The van der Waals surface area contributed by atoms with Gasteiger partial charge in [0, 0.05) is 26.6 Å². The average Bonchev–Trinajstić information content (AvgIpc) is 2.70. The van der Waals surface area contributed by atoms with E-state index in [2.05, 4.69) is 11.9 Å². The fourth-order valence-corrected chi connectivity index (χ4v) is 1.69. The van der Waals surface area contributed by atoms with E-state index < -0.39 is 18.0 Å². The number of methoxy groups -OCH3 is 1. The Morgan fingerprint density at radius 2 is 2.38 bits per heavy atom. The van der Waals surface area contributed by atoms with Crippen LogP contribution >= 0.6 is 0 Å². The molecule has 0 aromatic heterocycles.